The quantitative estimate of drug-likeness (QED) is 0.199. The van der Waals surface area contributed by atoms with Gasteiger partial charge in [0.2, 0.25) is 0 Å². The molecule has 0 aliphatic heterocycles. The molecule has 1 fully saturated rings. The highest BCUT2D eigenvalue weighted by Crippen LogP contribution is 2.19. The Morgan fingerprint density at radius 3 is 2.67 bits per heavy atom. The van der Waals surface area contributed by atoms with Gasteiger partial charge in [-0.25, -0.2) is 9.38 Å². The van der Waals surface area contributed by atoms with Crippen molar-refractivity contribution in [1.82, 2.24) is 10.6 Å². The van der Waals surface area contributed by atoms with Crippen LogP contribution < -0.4 is 10.6 Å². The fourth-order valence-corrected chi connectivity index (χ4v) is 3.08. The minimum atomic E-state index is -0.347. The zero-order valence-electron chi connectivity index (χ0n) is 16.0. The number of hydrogen-bond acceptors (Lipinski definition) is 3. The Morgan fingerprint density at radius 1 is 1.26 bits per heavy atom. The lowest BCUT2D eigenvalue weighted by Gasteiger charge is -2.16. The molecule has 0 amide bonds. The van der Waals surface area contributed by atoms with E-state index in [1.807, 2.05) is 13.0 Å². The molecular weight excluding hydrogens is 458 g/mol. The Kier molecular flexibility index (Phi) is 12.0. The van der Waals surface area contributed by atoms with Crippen LogP contribution in [0.4, 0.5) is 4.39 Å². The van der Waals surface area contributed by atoms with Gasteiger partial charge in [0.05, 0.1) is 30.9 Å². The molecule has 27 heavy (non-hydrogen) atoms. The van der Waals surface area contributed by atoms with E-state index in [9.17, 15) is 4.39 Å². The summed E-state index contributed by atoms with van der Waals surface area (Å²) in [6, 6.07) is 6.34. The number of halogens is 2. The summed E-state index contributed by atoms with van der Waals surface area (Å²) in [5.41, 5.74) is 0.849. The first-order chi connectivity index (χ1) is 12.7. The number of nitrogens with zero attached hydrogens (tertiary/aromatic N) is 2. The molecule has 0 heterocycles. The summed E-state index contributed by atoms with van der Waals surface area (Å²) in [6.45, 7) is 4.17. The number of rotatable bonds is 7. The van der Waals surface area contributed by atoms with Gasteiger partial charge in [0, 0.05) is 18.7 Å². The number of benzene rings is 1. The molecule has 0 atom stereocenters. The third-order valence-corrected chi connectivity index (χ3v) is 4.48. The molecule has 1 aromatic rings. The smallest absolute Gasteiger partial charge is 0.191 e. The zero-order valence-corrected chi connectivity index (χ0v) is 18.3. The highest BCUT2D eigenvalue weighted by Gasteiger charge is 2.12. The van der Waals surface area contributed by atoms with Crippen LogP contribution in [0.25, 0.3) is 0 Å². The molecular formula is C20H30FIN4O. The Hall–Kier alpha value is -1.40. The Labute approximate surface area is 178 Å². The number of hydrogen-bond donors (Lipinski definition) is 2. The van der Waals surface area contributed by atoms with Crippen molar-refractivity contribution in [2.75, 3.05) is 19.7 Å². The molecule has 1 aliphatic carbocycles. The summed E-state index contributed by atoms with van der Waals surface area (Å²) < 4.78 is 19.8. The Bertz CT molecular complexity index is 625. The predicted molar refractivity (Wildman–Crippen MR) is 117 cm³/mol. The van der Waals surface area contributed by atoms with Crippen LogP contribution in [0.5, 0.6) is 0 Å². The van der Waals surface area contributed by atoms with Crippen molar-refractivity contribution in [2.45, 2.75) is 58.1 Å². The molecule has 0 saturated heterocycles. The van der Waals surface area contributed by atoms with E-state index in [1.54, 1.807) is 0 Å². The van der Waals surface area contributed by atoms with Crippen molar-refractivity contribution >= 4 is 29.9 Å². The van der Waals surface area contributed by atoms with Crippen LogP contribution in [0.3, 0.4) is 0 Å². The van der Waals surface area contributed by atoms with Gasteiger partial charge in [-0.2, -0.15) is 5.26 Å². The second kappa shape index (κ2) is 13.7. The van der Waals surface area contributed by atoms with Crippen LogP contribution in [-0.4, -0.2) is 31.8 Å². The summed E-state index contributed by atoms with van der Waals surface area (Å²) in [7, 11) is 0. The van der Waals surface area contributed by atoms with Gasteiger partial charge in [0.25, 0.3) is 0 Å². The van der Waals surface area contributed by atoms with E-state index in [-0.39, 0.29) is 36.3 Å². The molecule has 2 N–H and O–H groups in total. The molecule has 7 heteroatoms. The van der Waals surface area contributed by atoms with Crippen molar-refractivity contribution in [3.63, 3.8) is 0 Å². The summed E-state index contributed by atoms with van der Waals surface area (Å²) in [5.74, 6) is 0.277. The Balaban J connectivity index is 0.00000364. The highest BCUT2D eigenvalue weighted by atomic mass is 127. The third-order valence-electron chi connectivity index (χ3n) is 4.48. The van der Waals surface area contributed by atoms with Gasteiger partial charge in [0.1, 0.15) is 5.82 Å². The lowest BCUT2D eigenvalue weighted by atomic mass is 10.1. The first-order valence-corrected chi connectivity index (χ1v) is 9.55. The molecule has 150 valence electrons. The summed E-state index contributed by atoms with van der Waals surface area (Å²) >= 11 is 0. The molecule has 2 rings (SSSR count). The van der Waals surface area contributed by atoms with E-state index in [2.05, 4.69) is 15.6 Å². The number of aliphatic imine (C=N–C) groups is 1. The average Bonchev–Trinajstić information content (AvgIpc) is 2.93. The summed E-state index contributed by atoms with van der Waals surface area (Å²) in [6.07, 6.45) is 7.84. The second-order valence-corrected chi connectivity index (χ2v) is 6.52. The van der Waals surface area contributed by atoms with Crippen molar-refractivity contribution in [2.24, 2.45) is 4.99 Å². The van der Waals surface area contributed by atoms with Gasteiger partial charge in [-0.05, 0) is 38.0 Å². The minimum Gasteiger partial charge on any atom is -0.376 e. The standard InChI is InChI=1S/C20H29FN4O.HI/c1-2-23-20(24-11-12-26-18-7-5-3-4-6-8-18)25-15-17-13-16(14-22)9-10-19(17)21;/h9-10,13,18H,2-8,11-12,15H2,1H3,(H2,23,24,25);1H. The molecule has 0 bridgehead atoms. The third kappa shape index (κ3) is 8.89. The van der Waals surface area contributed by atoms with Crippen LogP contribution in [0.1, 0.15) is 56.6 Å². The fraction of sp³-hybridized carbons (Fsp3) is 0.600. The molecule has 1 saturated carbocycles. The van der Waals surface area contributed by atoms with Gasteiger partial charge in [-0.15, -0.1) is 24.0 Å². The molecule has 0 unspecified atom stereocenters. The van der Waals surface area contributed by atoms with Crippen molar-refractivity contribution in [3.05, 3.63) is 35.1 Å². The maximum atomic E-state index is 13.8. The largest absolute Gasteiger partial charge is 0.376 e. The zero-order chi connectivity index (χ0) is 18.6. The van der Waals surface area contributed by atoms with E-state index in [0.29, 0.717) is 36.3 Å². The molecule has 1 aromatic carbocycles. The van der Waals surface area contributed by atoms with Crippen LogP contribution in [0, 0.1) is 17.1 Å². The van der Waals surface area contributed by atoms with E-state index in [1.165, 1.54) is 43.9 Å². The molecule has 0 aromatic heterocycles. The monoisotopic (exact) mass is 488 g/mol. The fourth-order valence-electron chi connectivity index (χ4n) is 3.08. The highest BCUT2D eigenvalue weighted by molar-refractivity contribution is 14.0. The van der Waals surface area contributed by atoms with E-state index < -0.39 is 0 Å². The number of guanidine groups is 1. The van der Waals surface area contributed by atoms with Crippen LogP contribution in [0.2, 0.25) is 0 Å². The van der Waals surface area contributed by atoms with Gasteiger partial charge in [-0.1, -0.05) is 25.7 Å². The number of nitriles is 1. The molecule has 5 nitrogen and oxygen atoms in total. The van der Waals surface area contributed by atoms with Gasteiger partial charge >= 0.3 is 0 Å². The van der Waals surface area contributed by atoms with Crippen molar-refractivity contribution in [3.8, 4) is 6.07 Å². The van der Waals surface area contributed by atoms with Crippen LogP contribution >= 0.6 is 24.0 Å². The molecule has 0 spiro atoms. The predicted octanol–water partition coefficient (Wildman–Crippen LogP) is 4.11. The van der Waals surface area contributed by atoms with E-state index >= 15 is 0 Å². The summed E-state index contributed by atoms with van der Waals surface area (Å²) in [5, 5.41) is 15.3. The van der Waals surface area contributed by atoms with Crippen molar-refractivity contribution in [1.29, 1.82) is 5.26 Å². The maximum Gasteiger partial charge on any atom is 0.191 e. The first-order valence-electron chi connectivity index (χ1n) is 9.55. The molecule has 1 aliphatic rings. The Morgan fingerprint density at radius 2 is 2.00 bits per heavy atom. The maximum absolute atomic E-state index is 13.8. The average molecular weight is 488 g/mol. The summed E-state index contributed by atoms with van der Waals surface area (Å²) in [4.78, 5) is 4.41. The SMILES string of the molecule is CCNC(=NCc1cc(C#N)ccc1F)NCCOC1CCCCCC1.I. The van der Waals surface area contributed by atoms with E-state index in [4.69, 9.17) is 10.00 Å². The normalized spacial score (nSPS) is 15.4. The topological polar surface area (TPSA) is 69.4 Å². The lowest BCUT2D eigenvalue weighted by Crippen LogP contribution is -2.39. The minimum absolute atomic E-state index is 0. The van der Waals surface area contributed by atoms with Crippen molar-refractivity contribution < 1.29 is 9.13 Å². The van der Waals surface area contributed by atoms with Gasteiger partial charge in [-0.3, -0.25) is 0 Å². The van der Waals surface area contributed by atoms with Gasteiger partial charge in [0.15, 0.2) is 5.96 Å². The second-order valence-electron chi connectivity index (χ2n) is 6.52. The van der Waals surface area contributed by atoms with Crippen LogP contribution in [-0.2, 0) is 11.3 Å². The molecule has 0 radical (unpaired) electrons. The van der Waals surface area contributed by atoms with Gasteiger partial charge < -0.3 is 15.4 Å². The van der Waals surface area contributed by atoms with E-state index in [0.717, 1.165) is 19.4 Å². The number of ether oxygens (including phenoxy) is 1. The lowest BCUT2D eigenvalue weighted by molar-refractivity contribution is 0.0468. The first kappa shape index (κ1) is 23.6. The number of nitrogens with one attached hydrogen (secondary N) is 2. The van der Waals surface area contributed by atoms with Crippen LogP contribution in [0.15, 0.2) is 23.2 Å².